The van der Waals surface area contributed by atoms with Crippen molar-refractivity contribution in [3.05, 3.63) is 64.1 Å². The number of anilines is 1. The highest BCUT2D eigenvalue weighted by atomic mass is 35.5. The van der Waals surface area contributed by atoms with Crippen molar-refractivity contribution in [2.45, 2.75) is 20.0 Å². The standard InChI is InChI=1S/C17H13ClF3N5O/c1-9-7-10(2)26(25-9)15-6-5-13(23-24-15)16(27)22-14-8-11(17(19,20)21)3-4-12(14)18/h3-8H,1-2H3,(H,22,27). The number of carbonyl (C=O) groups is 1. The summed E-state index contributed by atoms with van der Waals surface area (Å²) in [4.78, 5) is 12.3. The van der Waals surface area contributed by atoms with Gasteiger partial charge in [-0.2, -0.15) is 18.3 Å². The molecule has 1 N–H and O–H groups in total. The van der Waals surface area contributed by atoms with Gasteiger partial charge >= 0.3 is 6.18 Å². The number of amides is 1. The van der Waals surface area contributed by atoms with Crippen LogP contribution in [0.15, 0.2) is 36.4 Å². The number of carbonyl (C=O) groups excluding carboxylic acids is 1. The first-order chi connectivity index (χ1) is 12.6. The SMILES string of the molecule is Cc1cc(C)n(-c2ccc(C(=O)Nc3cc(C(F)(F)F)ccc3Cl)nn2)n1. The molecule has 0 saturated heterocycles. The van der Waals surface area contributed by atoms with E-state index < -0.39 is 17.6 Å². The zero-order valence-electron chi connectivity index (χ0n) is 14.2. The summed E-state index contributed by atoms with van der Waals surface area (Å²) >= 11 is 5.87. The van der Waals surface area contributed by atoms with Crippen LogP contribution in [-0.4, -0.2) is 25.9 Å². The number of alkyl halides is 3. The number of nitrogens with zero attached hydrogens (tertiary/aromatic N) is 4. The van der Waals surface area contributed by atoms with E-state index in [0.29, 0.717) is 5.82 Å². The molecular formula is C17H13ClF3N5O. The van der Waals surface area contributed by atoms with Gasteiger partial charge in [0.2, 0.25) is 0 Å². The number of rotatable bonds is 3. The van der Waals surface area contributed by atoms with E-state index >= 15 is 0 Å². The van der Waals surface area contributed by atoms with Gasteiger partial charge in [0, 0.05) is 5.69 Å². The second-order valence-corrected chi connectivity index (χ2v) is 6.17. The second-order valence-electron chi connectivity index (χ2n) is 5.76. The quantitative estimate of drug-likeness (QED) is 0.721. The van der Waals surface area contributed by atoms with Crippen molar-refractivity contribution in [3.8, 4) is 5.82 Å². The molecule has 27 heavy (non-hydrogen) atoms. The monoisotopic (exact) mass is 395 g/mol. The lowest BCUT2D eigenvalue weighted by Crippen LogP contribution is -2.16. The van der Waals surface area contributed by atoms with Gasteiger partial charge in [0.25, 0.3) is 5.91 Å². The summed E-state index contributed by atoms with van der Waals surface area (Å²) in [6.45, 7) is 3.68. The van der Waals surface area contributed by atoms with Crippen LogP contribution in [0.3, 0.4) is 0 Å². The molecule has 0 atom stereocenters. The molecule has 0 aliphatic carbocycles. The third kappa shape index (κ3) is 4.08. The first kappa shape index (κ1) is 18.8. The zero-order valence-corrected chi connectivity index (χ0v) is 14.9. The molecule has 0 spiro atoms. The third-order valence-electron chi connectivity index (χ3n) is 3.65. The van der Waals surface area contributed by atoms with Crippen LogP contribution in [-0.2, 0) is 6.18 Å². The highest BCUT2D eigenvalue weighted by Crippen LogP contribution is 2.33. The van der Waals surface area contributed by atoms with Gasteiger partial charge in [-0.05, 0) is 50.2 Å². The van der Waals surface area contributed by atoms with Crippen LogP contribution in [0.4, 0.5) is 18.9 Å². The molecule has 2 aromatic heterocycles. The van der Waals surface area contributed by atoms with Gasteiger partial charge in [-0.25, -0.2) is 4.68 Å². The topological polar surface area (TPSA) is 72.7 Å². The second kappa shape index (κ2) is 6.99. The maximum absolute atomic E-state index is 12.8. The van der Waals surface area contributed by atoms with Gasteiger partial charge in [0.15, 0.2) is 11.5 Å². The Morgan fingerprint density at radius 1 is 1.11 bits per heavy atom. The predicted molar refractivity (Wildman–Crippen MR) is 93.0 cm³/mol. The van der Waals surface area contributed by atoms with Crippen LogP contribution in [0.2, 0.25) is 5.02 Å². The predicted octanol–water partition coefficient (Wildman–Crippen LogP) is 4.20. The molecule has 0 aliphatic rings. The summed E-state index contributed by atoms with van der Waals surface area (Å²) in [6, 6.07) is 7.46. The van der Waals surface area contributed by atoms with Crippen LogP contribution in [0, 0.1) is 13.8 Å². The fraction of sp³-hybridized carbons (Fsp3) is 0.176. The summed E-state index contributed by atoms with van der Waals surface area (Å²) in [5.41, 5.74) is 0.480. The van der Waals surface area contributed by atoms with Gasteiger partial charge in [-0.3, -0.25) is 4.79 Å². The van der Waals surface area contributed by atoms with Crippen LogP contribution in [0.5, 0.6) is 0 Å². The number of hydrogen-bond donors (Lipinski definition) is 1. The molecule has 6 nitrogen and oxygen atoms in total. The Morgan fingerprint density at radius 2 is 1.85 bits per heavy atom. The Morgan fingerprint density at radius 3 is 2.41 bits per heavy atom. The Kier molecular flexibility index (Phi) is 4.88. The molecule has 3 aromatic rings. The Bertz CT molecular complexity index is 999. The molecule has 2 heterocycles. The molecule has 0 saturated carbocycles. The van der Waals surface area contributed by atoms with Crippen molar-refractivity contribution in [3.63, 3.8) is 0 Å². The Labute approximate surface area is 157 Å². The van der Waals surface area contributed by atoms with Gasteiger partial charge in [0.1, 0.15) is 0 Å². The number of aromatic nitrogens is 4. The number of aryl methyl sites for hydroxylation is 2. The molecule has 3 rings (SSSR count). The van der Waals surface area contributed by atoms with Gasteiger partial charge in [0.05, 0.1) is 22.0 Å². The molecule has 140 valence electrons. The van der Waals surface area contributed by atoms with Crippen molar-refractivity contribution in [2.24, 2.45) is 0 Å². The molecule has 10 heteroatoms. The summed E-state index contributed by atoms with van der Waals surface area (Å²) in [5, 5.41) is 14.3. The molecule has 1 aromatic carbocycles. The minimum Gasteiger partial charge on any atom is -0.319 e. The molecule has 0 fully saturated rings. The van der Waals surface area contributed by atoms with E-state index in [1.165, 1.54) is 12.1 Å². The molecule has 0 unspecified atom stereocenters. The maximum atomic E-state index is 12.8. The lowest BCUT2D eigenvalue weighted by atomic mass is 10.2. The Balaban J connectivity index is 1.82. The molecule has 0 radical (unpaired) electrons. The first-order valence-electron chi connectivity index (χ1n) is 7.70. The molecular weight excluding hydrogens is 383 g/mol. The number of benzene rings is 1. The van der Waals surface area contributed by atoms with E-state index in [9.17, 15) is 18.0 Å². The van der Waals surface area contributed by atoms with E-state index in [4.69, 9.17) is 11.6 Å². The number of nitrogens with one attached hydrogen (secondary N) is 1. The van der Waals surface area contributed by atoms with E-state index in [-0.39, 0.29) is 16.4 Å². The lowest BCUT2D eigenvalue weighted by Gasteiger charge is -2.11. The normalized spacial score (nSPS) is 11.5. The molecule has 0 bridgehead atoms. The average Bonchev–Trinajstić information content (AvgIpc) is 2.94. The minimum atomic E-state index is -4.55. The highest BCUT2D eigenvalue weighted by molar-refractivity contribution is 6.33. The lowest BCUT2D eigenvalue weighted by molar-refractivity contribution is -0.137. The fourth-order valence-corrected chi connectivity index (χ4v) is 2.57. The summed E-state index contributed by atoms with van der Waals surface area (Å²) in [6.07, 6.45) is -4.55. The van der Waals surface area contributed by atoms with Crippen molar-refractivity contribution >= 4 is 23.2 Å². The van der Waals surface area contributed by atoms with Crippen molar-refractivity contribution in [1.29, 1.82) is 0 Å². The van der Waals surface area contributed by atoms with E-state index in [0.717, 1.165) is 29.6 Å². The summed E-state index contributed by atoms with van der Waals surface area (Å²) in [5.74, 6) is -0.321. The largest absolute Gasteiger partial charge is 0.416 e. The van der Waals surface area contributed by atoms with Gasteiger partial charge in [-0.1, -0.05) is 11.6 Å². The van der Waals surface area contributed by atoms with Gasteiger partial charge < -0.3 is 5.32 Å². The van der Waals surface area contributed by atoms with Crippen LogP contribution < -0.4 is 5.32 Å². The smallest absolute Gasteiger partial charge is 0.319 e. The van der Waals surface area contributed by atoms with Crippen molar-refractivity contribution < 1.29 is 18.0 Å². The number of halogens is 4. The van der Waals surface area contributed by atoms with Crippen molar-refractivity contribution in [2.75, 3.05) is 5.32 Å². The average molecular weight is 396 g/mol. The zero-order chi connectivity index (χ0) is 19.8. The third-order valence-corrected chi connectivity index (χ3v) is 3.98. The van der Waals surface area contributed by atoms with E-state index in [1.54, 1.807) is 4.68 Å². The number of hydrogen-bond acceptors (Lipinski definition) is 4. The van der Waals surface area contributed by atoms with Crippen LogP contribution in [0.25, 0.3) is 5.82 Å². The fourth-order valence-electron chi connectivity index (χ4n) is 2.40. The van der Waals surface area contributed by atoms with Crippen molar-refractivity contribution in [1.82, 2.24) is 20.0 Å². The summed E-state index contributed by atoms with van der Waals surface area (Å²) < 4.78 is 40.0. The molecule has 0 aliphatic heterocycles. The van der Waals surface area contributed by atoms with E-state index in [1.807, 2.05) is 19.9 Å². The Hall–Kier alpha value is -2.94. The minimum absolute atomic E-state index is 0.0245. The van der Waals surface area contributed by atoms with Crippen LogP contribution >= 0.6 is 11.6 Å². The molecule has 1 amide bonds. The maximum Gasteiger partial charge on any atom is 0.416 e. The van der Waals surface area contributed by atoms with Crippen LogP contribution in [0.1, 0.15) is 27.4 Å². The first-order valence-corrected chi connectivity index (χ1v) is 8.08. The highest BCUT2D eigenvalue weighted by Gasteiger charge is 2.31. The van der Waals surface area contributed by atoms with Gasteiger partial charge in [-0.15, -0.1) is 10.2 Å². The van der Waals surface area contributed by atoms with E-state index in [2.05, 4.69) is 20.6 Å². The summed E-state index contributed by atoms with van der Waals surface area (Å²) in [7, 11) is 0.